The van der Waals surface area contributed by atoms with Crippen molar-refractivity contribution in [3.8, 4) is 6.07 Å². The van der Waals surface area contributed by atoms with Crippen molar-refractivity contribution in [2.75, 3.05) is 19.6 Å². The molecular formula is C20H22N2. The van der Waals surface area contributed by atoms with Gasteiger partial charge in [0.1, 0.15) is 0 Å². The Morgan fingerprint density at radius 3 is 1.82 bits per heavy atom. The van der Waals surface area contributed by atoms with E-state index in [1.165, 1.54) is 11.1 Å². The molecule has 1 saturated heterocycles. The van der Waals surface area contributed by atoms with Crippen molar-refractivity contribution in [2.24, 2.45) is 0 Å². The second-order valence-corrected chi connectivity index (χ2v) is 6.06. The summed E-state index contributed by atoms with van der Waals surface area (Å²) < 4.78 is 0. The molecule has 0 saturated carbocycles. The predicted octanol–water partition coefficient (Wildman–Crippen LogP) is 3.98. The van der Waals surface area contributed by atoms with Gasteiger partial charge in [0.25, 0.3) is 0 Å². The summed E-state index contributed by atoms with van der Waals surface area (Å²) in [6.45, 7) is 3.02. The maximum Gasteiger partial charge on any atom is 0.0635 e. The Bertz CT molecular complexity index is 578. The smallest absolute Gasteiger partial charge is 0.0635 e. The van der Waals surface area contributed by atoms with E-state index >= 15 is 0 Å². The topological polar surface area (TPSA) is 27.0 Å². The van der Waals surface area contributed by atoms with Gasteiger partial charge in [-0.15, -0.1) is 0 Å². The lowest BCUT2D eigenvalue weighted by atomic mass is 9.68. The van der Waals surface area contributed by atoms with Crippen molar-refractivity contribution in [3.63, 3.8) is 0 Å². The van der Waals surface area contributed by atoms with E-state index in [9.17, 15) is 0 Å². The zero-order chi connectivity index (χ0) is 15.3. The van der Waals surface area contributed by atoms with E-state index in [4.69, 9.17) is 5.26 Å². The molecule has 0 spiro atoms. The van der Waals surface area contributed by atoms with Crippen molar-refractivity contribution in [1.29, 1.82) is 5.26 Å². The van der Waals surface area contributed by atoms with Crippen LogP contribution in [0.3, 0.4) is 0 Å². The molecule has 0 radical (unpaired) electrons. The van der Waals surface area contributed by atoms with E-state index in [0.29, 0.717) is 6.42 Å². The number of hydrogen-bond acceptors (Lipinski definition) is 2. The molecule has 22 heavy (non-hydrogen) atoms. The van der Waals surface area contributed by atoms with Gasteiger partial charge in [0.05, 0.1) is 6.07 Å². The van der Waals surface area contributed by atoms with E-state index in [1.54, 1.807) is 0 Å². The summed E-state index contributed by atoms with van der Waals surface area (Å²) in [6.07, 6.45) is 2.86. The van der Waals surface area contributed by atoms with Gasteiger partial charge in [0, 0.05) is 18.4 Å². The normalized spacial score (nSPS) is 17.8. The monoisotopic (exact) mass is 290 g/mol. The SMILES string of the molecule is N#CCCN1CCC(c2ccccc2)(c2ccccc2)CC1. The molecule has 0 N–H and O–H groups in total. The average Bonchev–Trinajstić information content (AvgIpc) is 2.62. The van der Waals surface area contributed by atoms with E-state index < -0.39 is 0 Å². The van der Waals surface area contributed by atoms with Crippen LogP contribution in [-0.4, -0.2) is 24.5 Å². The third kappa shape index (κ3) is 2.91. The minimum Gasteiger partial charge on any atom is -0.302 e. The highest BCUT2D eigenvalue weighted by molar-refractivity contribution is 5.40. The molecule has 112 valence electrons. The van der Waals surface area contributed by atoms with Crippen LogP contribution in [0, 0.1) is 11.3 Å². The quantitative estimate of drug-likeness (QED) is 0.851. The van der Waals surface area contributed by atoms with Gasteiger partial charge in [0.15, 0.2) is 0 Å². The lowest BCUT2D eigenvalue weighted by molar-refractivity contribution is 0.182. The minimum absolute atomic E-state index is 0.117. The Morgan fingerprint density at radius 1 is 0.864 bits per heavy atom. The molecular weight excluding hydrogens is 268 g/mol. The van der Waals surface area contributed by atoms with Gasteiger partial charge in [0.2, 0.25) is 0 Å². The van der Waals surface area contributed by atoms with Gasteiger partial charge in [-0.05, 0) is 37.1 Å². The summed E-state index contributed by atoms with van der Waals surface area (Å²) in [5.41, 5.74) is 2.95. The van der Waals surface area contributed by atoms with Gasteiger partial charge in [-0.3, -0.25) is 0 Å². The molecule has 1 aliphatic rings. The third-order valence-electron chi connectivity index (χ3n) is 4.90. The van der Waals surface area contributed by atoms with Crippen LogP contribution in [0.25, 0.3) is 0 Å². The molecule has 2 heteroatoms. The van der Waals surface area contributed by atoms with E-state index in [-0.39, 0.29) is 5.41 Å². The van der Waals surface area contributed by atoms with Crippen LogP contribution in [0.4, 0.5) is 0 Å². The fraction of sp³-hybridized carbons (Fsp3) is 0.350. The first-order valence-electron chi connectivity index (χ1n) is 8.05. The Morgan fingerprint density at radius 2 is 1.36 bits per heavy atom. The van der Waals surface area contributed by atoms with Gasteiger partial charge in [-0.25, -0.2) is 0 Å². The van der Waals surface area contributed by atoms with Crippen LogP contribution in [0.1, 0.15) is 30.4 Å². The number of nitriles is 1. The number of nitrogens with zero attached hydrogens (tertiary/aromatic N) is 2. The first-order chi connectivity index (χ1) is 10.8. The highest BCUT2D eigenvalue weighted by atomic mass is 15.1. The van der Waals surface area contributed by atoms with Crippen LogP contribution < -0.4 is 0 Å². The molecule has 1 aliphatic heterocycles. The standard InChI is InChI=1S/C20H22N2/c21-14-7-15-22-16-12-20(13-17-22,18-8-3-1-4-9-18)19-10-5-2-6-11-19/h1-6,8-11H,7,12-13,15-17H2. The lowest BCUT2D eigenvalue weighted by Gasteiger charge is -2.42. The molecule has 0 aliphatic carbocycles. The molecule has 0 amide bonds. The number of piperidine rings is 1. The molecule has 1 fully saturated rings. The molecule has 0 unspecified atom stereocenters. The number of hydrogen-bond donors (Lipinski definition) is 0. The minimum atomic E-state index is 0.117. The van der Waals surface area contributed by atoms with Gasteiger partial charge >= 0.3 is 0 Å². The van der Waals surface area contributed by atoms with Crippen molar-refractivity contribution >= 4 is 0 Å². The fourth-order valence-electron chi connectivity index (χ4n) is 3.62. The van der Waals surface area contributed by atoms with Crippen LogP contribution in [0.2, 0.25) is 0 Å². The summed E-state index contributed by atoms with van der Waals surface area (Å²) in [5, 5.41) is 8.78. The highest BCUT2D eigenvalue weighted by Crippen LogP contribution is 2.41. The summed E-state index contributed by atoms with van der Waals surface area (Å²) in [7, 11) is 0. The van der Waals surface area contributed by atoms with Crippen LogP contribution in [-0.2, 0) is 5.41 Å². The highest BCUT2D eigenvalue weighted by Gasteiger charge is 2.37. The number of rotatable bonds is 4. The summed E-state index contributed by atoms with van der Waals surface area (Å²) >= 11 is 0. The molecule has 2 aromatic carbocycles. The van der Waals surface area contributed by atoms with Gasteiger partial charge in [-0.2, -0.15) is 5.26 Å². The predicted molar refractivity (Wildman–Crippen MR) is 89.6 cm³/mol. The zero-order valence-corrected chi connectivity index (χ0v) is 12.9. The molecule has 0 aromatic heterocycles. The molecule has 1 heterocycles. The zero-order valence-electron chi connectivity index (χ0n) is 12.9. The second kappa shape index (κ2) is 6.77. The van der Waals surface area contributed by atoms with Crippen molar-refractivity contribution in [1.82, 2.24) is 4.90 Å². The third-order valence-corrected chi connectivity index (χ3v) is 4.90. The maximum atomic E-state index is 8.78. The Labute approximate surface area is 133 Å². The fourth-order valence-corrected chi connectivity index (χ4v) is 3.62. The number of likely N-dealkylation sites (tertiary alicyclic amines) is 1. The molecule has 0 atom stereocenters. The van der Waals surface area contributed by atoms with E-state index in [1.807, 2.05) is 0 Å². The van der Waals surface area contributed by atoms with Crippen LogP contribution in [0.15, 0.2) is 60.7 Å². The molecule has 3 rings (SSSR count). The van der Waals surface area contributed by atoms with Gasteiger partial charge < -0.3 is 4.90 Å². The van der Waals surface area contributed by atoms with Crippen molar-refractivity contribution in [3.05, 3.63) is 71.8 Å². The summed E-state index contributed by atoms with van der Waals surface area (Å²) in [6, 6.07) is 24.0. The van der Waals surface area contributed by atoms with E-state index in [2.05, 4.69) is 71.6 Å². The molecule has 2 nitrogen and oxygen atoms in total. The average molecular weight is 290 g/mol. The Hall–Kier alpha value is -2.11. The van der Waals surface area contributed by atoms with Crippen LogP contribution >= 0.6 is 0 Å². The Balaban J connectivity index is 1.89. The van der Waals surface area contributed by atoms with E-state index in [0.717, 1.165) is 32.5 Å². The summed E-state index contributed by atoms with van der Waals surface area (Å²) in [5.74, 6) is 0. The second-order valence-electron chi connectivity index (χ2n) is 6.06. The Kier molecular flexibility index (Phi) is 4.56. The summed E-state index contributed by atoms with van der Waals surface area (Å²) in [4.78, 5) is 2.42. The van der Waals surface area contributed by atoms with Gasteiger partial charge in [-0.1, -0.05) is 60.7 Å². The van der Waals surface area contributed by atoms with Crippen LogP contribution in [0.5, 0.6) is 0 Å². The molecule has 2 aromatic rings. The number of benzene rings is 2. The van der Waals surface area contributed by atoms with Crippen molar-refractivity contribution in [2.45, 2.75) is 24.7 Å². The van der Waals surface area contributed by atoms with Crippen molar-refractivity contribution < 1.29 is 0 Å². The molecule has 0 bridgehead atoms. The lowest BCUT2D eigenvalue weighted by Crippen LogP contribution is -2.43. The first kappa shape index (κ1) is 14.8. The first-order valence-corrected chi connectivity index (χ1v) is 8.05. The maximum absolute atomic E-state index is 8.78. The largest absolute Gasteiger partial charge is 0.302 e.